The fraction of sp³-hybridized carbons (Fsp3) is 0.500. The highest BCUT2D eigenvalue weighted by Gasteiger charge is 2.44. The summed E-state index contributed by atoms with van der Waals surface area (Å²) in [6.07, 6.45) is -2.69. The van der Waals surface area contributed by atoms with Crippen molar-refractivity contribution in [2.45, 2.75) is 24.5 Å². The fourth-order valence-electron chi connectivity index (χ4n) is 2.19. The van der Waals surface area contributed by atoms with Crippen LogP contribution in [0, 0.1) is 3.70 Å². The molecule has 0 aromatic carbocycles. The standard InChI is InChI=1S/C10H12IN5O4/c11-7-4-8(15-10(12)14-7)16(2-13-4)9-6(19)5(18)3(1-17)20-9/h2-3,5-6,9,17-19H,1H2,(H2,12,14,15)/t3-,5+,6+,9+/m0/s1. The molecule has 0 aliphatic carbocycles. The Morgan fingerprint density at radius 2 is 2.10 bits per heavy atom. The van der Waals surface area contributed by atoms with E-state index in [-0.39, 0.29) is 5.95 Å². The van der Waals surface area contributed by atoms with Gasteiger partial charge in [0.1, 0.15) is 27.5 Å². The van der Waals surface area contributed by atoms with E-state index in [0.717, 1.165) is 0 Å². The summed E-state index contributed by atoms with van der Waals surface area (Å²) in [5.41, 5.74) is 6.53. The molecule has 0 unspecified atom stereocenters. The minimum absolute atomic E-state index is 0.0791. The molecule has 3 heterocycles. The monoisotopic (exact) mass is 393 g/mol. The average Bonchev–Trinajstić information content (AvgIpc) is 2.93. The van der Waals surface area contributed by atoms with Crippen LogP contribution in [0.4, 0.5) is 5.95 Å². The van der Waals surface area contributed by atoms with Gasteiger partial charge in [-0.15, -0.1) is 0 Å². The maximum atomic E-state index is 10.0. The van der Waals surface area contributed by atoms with Crippen molar-refractivity contribution >= 4 is 39.7 Å². The first-order valence-corrected chi connectivity index (χ1v) is 6.88. The van der Waals surface area contributed by atoms with Crippen LogP contribution in [-0.2, 0) is 4.74 Å². The van der Waals surface area contributed by atoms with Gasteiger partial charge in [0.2, 0.25) is 5.95 Å². The number of nitrogens with two attached hydrogens (primary N) is 1. The number of hydrogen-bond donors (Lipinski definition) is 4. The molecule has 9 nitrogen and oxygen atoms in total. The molecule has 1 fully saturated rings. The summed E-state index contributed by atoms with van der Waals surface area (Å²) < 4.78 is 7.49. The van der Waals surface area contributed by atoms with E-state index >= 15 is 0 Å². The zero-order chi connectivity index (χ0) is 14.4. The smallest absolute Gasteiger partial charge is 0.223 e. The van der Waals surface area contributed by atoms with Crippen molar-refractivity contribution in [3.8, 4) is 0 Å². The normalized spacial score (nSPS) is 30.2. The van der Waals surface area contributed by atoms with E-state index in [4.69, 9.17) is 15.6 Å². The predicted molar refractivity (Wildman–Crippen MR) is 75.5 cm³/mol. The van der Waals surface area contributed by atoms with E-state index in [2.05, 4.69) is 15.0 Å². The van der Waals surface area contributed by atoms with Crippen LogP contribution in [0.1, 0.15) is 6.23 Å². The second-order valence-corrected chi connectivity index (χ2v) is 5.45. The Hall–Kier alpha value is -1.08. The number of anilines is 1. The molecule has 108 valence electrons. The van der Waals surface area contributed by atoms with Crippen LogP contribution in [0.3, 0.4) is 0 Å². The molecule has 0 saturated carbocycles. The minimum Gasteiger partial charge on any atom is -0.394 e. The molecule has 10 heteroatoms. The van der Waals surface area contributed by atoms with E-state index in [0.29, 0.717) is 14.9 Å². The summed E-state index contributed by atoms with van der Waals surface area (Å²) >= 11 is 1.98. The zero-order valence-electron chi connectivity index (χ0n) is 10.1. The first-order chi connectivity index (χ1) is 9.52. The first kappa shape index (κ1) is 13.9. The highest BCUT2D eigenvalue weighted by atomic mass is 127. The van der Waals surface area contributed by atoms with Crippen molar-refractivity contribution in [2.75, 3.05) is 12.3 Å². The van der Waals surface area contributed by atoms with Gasteiger partial charge in [-0.05, 0) is 22.6 Å². The predicted octanol–water partition coefficient (Wildman–Crippen LogP) is -1.38. The summed E-state index contributed by atoms with van der Waals surface area (Å²) in [7, 11) is 0. The second kappa shape index (κ2) is 5.04. The summed E-state index contributed by atoms with van der Waals surface area (Å²) in [4.78, 5) is 12.2. The number of ether oxygens (including phenoxy) is 1. The molecule has 4 atom stereocenters. The number of aliphatic hydroxyl groups is 3. The minimum atomic E-state index is -1.20. The molecular weight excluding hydrogens is 381 g/mol. The van der Waals surface area contributed by atoms with Gasteiger partial charge in [0.05, 0.1) is 12.9 Å². The number of nitrogens with zero attached hydrogens (tertiary/aromatic N) is 4. The van der Waals surface area contributed by atoms with E-state index in [1.807, 2.05) is 22.6 Å². The number of imidazole rings is 1. The zero-order valence-corrected chi connectivity index (χ0v) is 12.2. The molecule has 2 aromatic heterocycles. The molecule has 1 aliphatic heterocycles. The molecule has 1 saturated heterocycles. The number of halogens is 1. The topological polar surface area (TPSA) is 140 Å². The lowest BCUT2D eigenvalue weighted by atomic mass is 10.1. The Kier molecular flexibility index (Phi) is 3.50. The summed E-state index contributed by atoms with van der Waals surface area (Å²) in [5, 5.41) is 28.9. The molecule has 1 aliphatic rings. The van der Waals surface area contributed by atoms with Crippen molar-refractivity contribution in [1.29, 1.82) is 0 Å². The molecule has 0 spiro atoms. The number of aliphatic hydroxyl groups excluding tert-OH is 3. The third kappa shape index (κ3) is 2.03. The molecule has 3 rings (SSSR count). The van der Waals surface area contributed by atoms with Crippen LogP contribution in [0.25, 0.3) is 11.2 Å². The van der Waals surface area contributed by atoms with Crippen molar-refractivity contribution in [3.05, 3.63) is 10.0 Å². The third-order valence-corrected chi connectivity index (χ3v) is 3.94. The Bertz CT molecular complexity index is 650. The van der Waals surface area contributed by atoms with Gasteiger partial charge in [0.25, 0.3) is 0 Å². The van der Waals surface area contributed by atoms with Crippen LogP contribution in [0.2, 0.25) is 0 Å². The molecular formula is C10H12IN5O4. The van der Waals surface area contributed by atoms with E-state index < -0.39 is 31.1 Å². The number of nitrogen functional groups attached to an aromatic ring is 1. The van der Waals surface area contributed by atoms with Gasteiger partial charge < -0.3 is 25.8 Å². The average molecular weight is 393 g/mol. The molecule has 2 aromatic rings. The lowest BCUT2D eigenvalue weighted by Crippen LogP contribution is -2.33. The summed E-state index contributed by atoms with van der Waals surface area (Å²) in [6.45, 7) is -0.393. The second-order valence-electron chi connectivity index (χ2n) is 4.43. The maximum Gasteiger partial charge on any atom is 0.223 e. The highest BCUT2D eigenvalue weighted by Crippen LogP contribution is 2.31. The summed E-state index contributed by atoms with van der Waals surface area (Å²) in [6, 6.07) is 0. The van der Waals surface area contributed by atoms with Crippen LogP contribution >= 0.6 is 22.6 Å². The molecule has 5 N–H and O–H groups in total. The Labute approximate surface area is 126 Å². The fourth-order valence-corrected chi connectivity index (χ4v) is 2.82. The van der Waals surface area contributed by atoms with Crippen molar-refractivity contribution in [3.63, 3.8) is 0 Å². The van der Waals surface area contributed by atoms with Crippen LogP contribution < -0.4 is 5.73 Å². The Morgan fingerprint density at radius 1 is 1.35 bits per heavy atom. The first-order valence-electron chi connectivity index (χ1n) is 5.81. The van der Waals surface area contributed by atoms with E-state index in [9.17, 15) is 10.2 Å². The third-order valence-electron chi connectivity index (χ3n) is 3.19. The largest absolute Gasteiger partial charge is 0.394 e. The van der Waals surface area contributed by atoms with Gasteiger partial charge in [0.15, 0.2) is 11.9 Å². The van der Waals surface area contributed by atoms with Gasteiger partial charge in [-0.2, -0.15) is 4.98 Å². The molecule has 0 amide bonds. The number of rotatable bonds is 2. The van der Waals surface area contributed by atoms with Crippen LogP contribution in [0.5, 0.6) is 0 Å². The summed E-state index contributed by atoms with van der Waals surface area (Å²) in [5.74, 6) is 0.0791. The van der Waals surface area contributed by atoms with Gasteiger partial charge in [-0.1, -0.05) is 0 Å². The van der Waals surface area contributed by atoms with E-state index in [1.54, 1.807) is 0 Å². The Morgan fingerprint density at radius 3 is 2.75 bits per heavy atom. The molecule has 0 bridgehead atoms. The van der Waals surface area contributed by atoms with Gasteiger partial charge in [-0.25, -0.2) is 9.97 Å². The van der Waals surface area contributed by atoms with Crippen LogP contribution in [0.15, 0.2) is 6.33 Å². The van der Waals surface area contributed by atoms with Crippen LogP contribution in [-0.4, -0.2) is 59.8 Å². The highest BCUT2D eigenvalue weighted by molar-refractivity contribution is 14.1. The molecule has 0 radical (unpaired) electrons. The lowest BCUT2D eigenvalue weighted by Gasteiger charge is -2.16. The number of hydrogen-bond acceptors (Lipinski definition) is 8. The van der Waals surface area contributed by atoms with Crippen molar-refractivity contribution in [1.82, 2.24) is 19.5 Å². The van der Waals surface area contributed by atoms with Crippen molar-refractivity contribution in [2.24, 2.45) is 0 Å². The van der Waals surface area contributed by atoms with Gasteiger partial charge in [0, 0.05) is 0 Å². The quantitative estimate of drug-likeness (QED) is 0.362. The SMILES string of the molecule is Nc1nc(I)c2ncn([C@@H]3O[C@@H](CO)[C@@H](O)[C@H]3O)c2n1. The Balaban J connectivity index is 2.07. The number of aromatic nitrogens is 4. The maximum absolute atomic E-state index is 10.0. The molecule has 20 heavy (non-hydrogen) atoms. The van der Waals surface area contributed by atoms with E-state index in [1.165, 1.54) is 10.9 Å². The van der Waals surface area contributed by atoms with Crippen molar-refractivity contribution < 1.29 is 20.1 Å². The lowest BCUT2D eigenvalue weighted by molar-refractivity contribution is -0.0511. The van der Waals surface area contributed by atoms with Gasteiger partial charge in [-0.3, -0.25) is 4.57 Å². The van der Waals surface area contributed by atoms with Gasteiger partial charge >= 0.3 is 0 Å². The number of fused-ring (bicyclic) bond motifs is 1.